The summed E-state index contributed by atoms with van der Waals surface area (Å²) in [6, 6.07) is 1.72. The third-order valence-corrected chi connectivity index (χ3v) is 3.96. The fourth-order valence-corrected chi connectivity index (χ4v) is 2.26. The molecule has 0 unspecified atom stereocenters. The number of hydrogen-bond acceptors (Lipinski definition) is 2. The summed E-state index contributed by atoms with van der Waals surface area (Å²) in [5.74, 6) is -0.897. The van der Waals surface area contributed by atoms with Gasteiger partial charge in [0.15, 0.2) is 0 Å². The van der Waals surface area contributed by atoms with E-state index in [2.05, 4.69) is 10.2 Å². The van der Waals surface area contributed by atoms with Gasteiger partial charge in [-0.15, -0.1) is 0 Å². The van der Waals surface area contributed by atoms with Crippen LogP contribution in [0.15, 0.2) is 6.07 Å². The number of hydrogen-bond donors (Lipinski definition) is 2. The predicted octanol–water partition coefficient (Wildman–Crippen LogP) is 3.32. The fourth-order valence-electron chi connectivity index (χ4n) is 2.26. The van der Waals surface area contributed by atoms with Gasteiger partial charge in [0.25, 0.3) is 0 Å². The van der Waals surface area contributed by atoms with E-state index in [1.165, 1.54) is 0 Å². The molecule has 2 N–H and O–H groups in total. The fraction of sp³-hybridized carbons (Fsp3) is 0.333. The molecule has 0 amide bonds. The Labute approximate surface area is 112 Å². The minimum atomic E-state index is -0.897. The summed E-state index contributed by atoms with van der Waals surface area (Å²) >= 11 is 0. The Morgan fingerprint density at radius 3 is 2.16 bits per heavy atom. The van der Waals surface area contributed by atoms with Crippen LogP contribution in [0.4, 0.5) is 0 Å². The van der Waals surface area contributed by atoms with Crippen LogP contribution in [0.25, 0.3) is 11.3 Å². The first kappa shape index (κ1) is 13.3. The topological polar surface area (TPSA) is 66.0 Å². The second kappa shape index (κ2) is 4.53. The van der Waals surface area contributed by atoms with Gasteiger partial charge in [-0.1, -0.05) is 0 Å². The smallest absolute Gasteiger partial charge is 0.335 e. The third-order valence-electron chi connectivity index (χ3n) is 3.96. The van der Waals surface area contributed by atoms with E-state index in [1.54, 1.807) is 6.07 Å². The van der Waals surface area contributed by atoms with Crippen LogP contribution in [0.2, 0.25) is 0 Å². The van der Waals surface area contributed by atoms with Gasteiger partial charge in [0, 0.05) is 11.3 Å². The van der Waals surface area contributed by atoms with Crippen molar-refractivity contribution in [3.63, 3.8) is 0 Å². The molecule has 0 atom stereocenters. The summed E-state index contributed by atoms with van der Waals surface area (Å²) in [6.45, 7) is 9.75. The summed E-state index contributed by atoms with van der Waals surface area (Å²) in [4.78, 5) is 11.3. The highest BCUT2D eigenvalue weighted by molar-refractivity contribution is 5.92. The van der Waals surface area contributed by atoms with E-state index in [9.17, 15) is 9.90 Å². The Bertz CT molecular complexity index is 669. The van der Waals surface area contributed by atoms with Gasteiger partial charge in [0.1, 0.15) is 0 Å². The summed E-state index contributed by atoms with van der Waals surface area (Å²) in [6.07, 6.45) is 0. The van der Waals surface area contributed by atoms with E-state index < -0.39 is 5.97 Å². The maximum atomic E-state index is 11.3. The van der Waals surface area contributed by atoms with Crippen molar-refractivity contribution in [1.82, 2.24) is 10.2 Å². The number of aromatic amines is 1. The summed E-state index contributed by atoms with van der Waals surface area (Å²) in [5.41, 5.74) is 7.04. The van der Waals surface area contributed by atoms with E-state index >= 15 is 0 Å². The Morgan fingerprint density at radius 1 is 1.05 bits per heavy atom. The van der Waals surface area contributed by atoms with E-state index in [0.717, 1.165) is 39.2 Å². The molecule has 0 spiro atoms. The number of rotatable bonds is 2. The van der Waals surface area contributed by atoms with E-state index in [0.29, 0.717) is 5.56 Å². The Balaban J connectivity index is 2.78. The summed E-state index contributed by atoms with van der Waals surface area (Å²) in [7, 11) is 0. The number of carbonyl (C=O) groups is 1. The minimum Gasteiger partial charge on any atom is -0.478 e. The van der Waals surface area contributed by atoms with Gasteiger partial charge >= 0.3 is 5.97 Å². The lowest BCUT2D eigenvalue weighted by Gasteiger charge is -2.13. The van der Waals surface area contributed by atoms with Crippen LogP contribution in [0.1, 0.15) is 38.3 Å². The number of carboxylic acid groups (broad SMARTS) is 1. The lowest BCUT2D eigenvalue weighted by Crippen LogP contribution is -2.04. The molecule has 0 saturated carbocycles. The molecule has 1 aromatic carbocycles. The van der Waals surface area contributed by atoms with Crippen molar-refractivity contribution in [3.05, 3.63) is 39.6 Å². The second-order valence-electron chi connectivity index (χ2n) is 4.97. The normalized spacial score (nSPS) is 10.8. The number of H-pyrrole nitrogens is 1. The molecule has 100 valence electrons. The van der Waals surface area contributed by atoms with Crippen LogP contribution in [0.5, 0.6) is 0 Å². The number of carboxylic acids is 1. The molecule has 0 saturated heterocycles. The molecule has 1 heterocycles. The molecular weight excluding hydrogens is 240 g/mol. The van der Waals surface area contributed by atoms with Crippen LogP contribution in [0, 0.1) is 34.6 Å². The SMILES string of the molecule is Cc1[nH]nc(-c2cc(C(=O)O)c(C)c(C)c2C)c1C. The maximum absolute atomic E-state index is 11.3. The number of aromatic carboxylic acids is 1. The molecule has 2 rings (SSSR count). The zero-order valence-corrected chi connectivity index (χ0v) is 11.9. The average molecular weight is 258 g/mol. The number of aryl methyl sites for hydroxylation is 1. The van der Waals surface area contributed by atoms with E-state index in [1.807, 2.05) is 34.6 Å². The van der Waals surface area contributed by atoms with E-state index in [4.69, 9.17) is 0 Å². The highest BCUT2D eigenvalue weighted by atomic mass is 16.4. The molecule has 19 heavy (non-hydrogen) atoms. The van der Waals surface area contributed by atoms with Crippen molar-refractivity contribution in [1.29, 1.82) is 0 Å². The van der Waals surface area contributed by atoms with Crippen molar-refractivity contribution in [2.24, 2.45) is 0 Å². The molecule has 0 aliphatic heterocycles. The monoisotopic (exact) mass is 258 g/mol. The minimum absolute atomic E-state index is 0.346. The number of benzene rings is 1. The van der Waals surface area contributed by atoms with Crippen LogP contribution in [-0.2, 0) is 0 Å². The van der Waals surface area contributed by atoms with E-state index in [-0.39, 0.29) is 0 Å². The lowest BCUT2D eigenvalue weighted by molar-refractivity contribution is 0.0696. The predicted molar refractivity (Wildman–Crippen MR) is 74.7 cm³/mol. The van der Waals surface area contributed by atoms with Gasteiger partial charge in [-0.2, -0.15) is 5.10 Å². The second-order valence-corrected chi connectivity index (χ2v) is 4.97. The standard InChI is InChI=1S/C15H18N2O2/c1-7-8(2)12(6-13(9(7)3)15(18)19)14-10(4)11(5)16-17-14/h6H,1-5H3,(H,16,17)(H,18,19). The largest absolute Gasteiger partial charge is 0.478 e. The van der Waals surface area contributed by atoms with Gasteiger partial charge in [-0.05, 0) is 62.9 Å². The molecule has 0 fully saturated rings. The Hall–Kier alpha value is -2.10. The van der Waals surface area contributed by atoms with Gasteiger partial charge in [-0.25, -0.2) is 4.79 Å². The molecular formula is C15H18N2O2. The highest BCUT2D eigenvalue weighted by Gasteiger charge is 2.18. The first-order chi connectivity index (χ1) is 8.84. The zero-order valence-electron chi connectivity index (χ0n) is 11.9. The van der Waals surface area contributed by atoms with Gasteiger partial charge in [0.2, 0.25) is 0 Å². The molecule has 0 radical (unpaired) electrons. The molecule has 0 aliphatic rings. The van der Waals surface area contributed by atoms with Crippen LogP contribution in [0.3, 0.4) is 0 Å². The van der Waals surface area contributed by atoms with Crippen molar-refractivity contribution >= 4 is 5.97 Å². The molecule has 4 heteroatoms. The van der Waals surface area contributed by atoms with Gasteiger partial charge in [-0.3, -0.25) is 5.10 Å². The molecule has 1 aromatic heterocycles. The van der Waals surface area contributed by atoms with Crippen molar-refractivity contribution in [3.8, 4) is 11.3 Å². The maximum Gasteiger partial charge on any atom is 0.335 e. The van der Waals surface area contributed by atoms with Crippen LogP contribution < -0.4 is 0 Å². The molecule has 2 aromatic rings. The highest BCUT2D eigenvalue weighted by Crippen LogP contribution is 2.31. The molecule has 4 nitrogen and oxygen atoms in total. The van der Waals surface area contributed by atoms with Gasteiger partial charge in [0.05, 0.1) is 11.3 Å². The number of nitrogens with one attached hydrogen (secondary N) is 1. The summed E-state index contributed by atoms with van der Waals surface area (Å²) in [5, 5.41) is 16.5. The van der Waals surface area contributed by atoms with Crippen LogP contribution >= 0.6 is 0 Å². The van der Waals surface area contributed by atoms with Crippen LogP contribution in [-0.4, -0.2) is 21.3 Å². The first-order valence-corrected chi connectivity index (χ1v) is 6.20. The first-order valence-electron chi connectivity index (χ1n) is 6.20. The zero-order chi connectivity index (χ0) is 14.3. The van der Waals surface area contributed by atoms with Crippen molar-refractivity contribution in [2.75, 3.05) is 0 Å². The molecule has 0 bridgehead atoms. The van der Waals surface area contributed by atoms with Crippen molar-refractivity contribution < 1.29 is 9.90 Å². The summed E-state index contributed by atoms with van der Waals surface area (Å²) < 4.78 is 0. The lowest BCUT2D eigenvalue weighted by atomic mass is 9.91. The number of nitrogens with zero attached hydrogens (tertiary/aromatic N) is 1. The third kappa shape index (κ3) is 2.03. The Kier molecular flexibility index (Phi) is 3.18. The number of aromatic nitrogens is 2. The average Bonchev–Trinajstić information content (AvgIpc) is 2.68. The Morgan fingerprint density at radius 2 is 1.68 bits per heavy atom. The quantitative estimate of drug-likeness (QED) is 0.868. The van der Waals surface area contributed by atoms with Gasteiger partial charge < -0.3 is 5.11 Å². The molecule has 0 aliphatic carbocycles. The van der Waals surface area contributed by atoms with Crippen molar-refractivity contribution in [2.45, 2.75) is 34.6 Å².